The quantitative estimate of drug-likeness (QED) is 0.725. The third kappa shape index (κ3) is 1.33. The Morgan fingerprint density at radius 3 is 3.07 bits per heavy atom. The van der Waals surface area contributed by atoms with Gasteiger partial charge in [-0.3, -0.25) is 4.79 Å². The molecule has 0 unspecified atom stereocenters. The minimum absolute atomic E-state index is 0.610. The van der Waals surface area contributed by atoms with Crippen LogP contribution in [-0.2, 0) is 11.2 Å². The number of rotatable bonds is 2. The molecule has 0 saturated carbocycles. The van der Waals surface area contributed by atoms with Crippen LogP contribution in [0.5, 0.6) is 5.75 Å². The fourth-order valence-corrected chi connectivity index (χ4v) is 1.67. The van der Waals surface area contributed by atoms with E-state index in [2.05, 4.69) is 0 Å². The molecular weight excluding hydrogens is 182 g/mol. The molecule has 2 rings (SSSR count). The van der Waals surface area contributed by atoms with Crippen LogP contribution in [0.1, 0.15) is 17.2 Å². The van der Waals surface area contributed by atoms with Crippen molar-refractivity contribution < 1.29 is 14.6 Å². The van der Waals surface area contributed by atoms with Gasteiger partial charge in [0.05, 0.1) is 6.61 Å². The van der Waals surface area contributed by atoms with E-state index in [0.29, 0.717) is 12.2 Å². The minimum Gasteiger partial charge on any atom is -0.493 e. The molecule has 1 heterocycles. The highest BCUT2D eigenvalue weighted by atomic mass is 16.5. The second-order valence-corrected chi connectivity index (χ2v) is 3.24. The molecule has 1 atom stereocenters. The van der Waals surface area contributed by atoms with Crippen LogP contribution >= 0.6 is 0 Å². The maximum absolute atomic E-state index is 10.7. The molecule has 0 bridgehead atoms. The zero-order valence-corrected chi connectivity index (χ0v) is 7.56. The maximum atomic E-state index is 10.7. The predicted molar refractivity (Wildman–Crippen MR) is 50.2 cm³/mol. The summed E-state index contributed by atoms with van der Waals surface area (Å²) in [5, 5.41) is 8.80. The molecule has 0 saturated heterocycles. The SMILES string of the molecule is N[C@H](C(=O)O)c1cccc2c1CCO2. The normalized spacial score (nSPS) is 15.8. The zero-order chi connectivity index (χ0) is 10.1. The molecule has 0 aromatic heterocycles. The lowest BCUT2D eigenvalue weighted by Crippen LogP contribution is -2.21. The van der Waals surface area contributed by atoms with Gasteiger partial charge >= 0.3 is 5.97 Å². The first kappa shape index (κ1) is 9.02. The van der Waals surface area contributed by atoms with Gasteiger partial charge in [-0.05, 0) is 11.6 Å². The Balaban J connectivity index is 2.44. The second kappa shape index (κ2) is 3.31. The summed E-state index contributed by atoms with van der Waals surface area (Å²) in [7, 11) is 0. The summed E-state index contributed by atoms with van der Waals surface area (Å²) in [6.07, 6.45) is 0.743. The zero-order valence-electron chi connectivity index (χ0n) is 7.56. The van der Waals surface area contributed by atoms with Gasteiger partial charge < -0.3 is 15.6 Å². The number of aliphatic carboxylic acids is 1. The number of carboxylic acid groups (broad SMARTS) is 1. The molecule has 4 nitrogen and oxygen atoms in total. The van der Waals surface area contributed by atoms with E-state index in [1.807, 2.05) is 6.07 Å². The predicted octanol–water partition coefficient (Wildman–Crippen LogP) is 0.706. The van der Waals surface area contributed by atoms with Crippen LogP contribution in [0.3, 0.4) is 0 Å². The first-order chi connectivity index (χ1) is 6.70. The van der Waals surface area contributed by atoms with Crippen LogP contribution in [0, 0.1) is 0 Å². The molecule has 1 aromatic rings. The summed E-state index contributed by atoms with van der Waals surface area (Å²) in [6, 6.07) is 4.39. The van der Waals surface area contributed by atoms with Crippen molar-refractivity contribution in [3.63, 3.8) is 0 Å². The van der Waals surface area contributed by atoms with Crippen molar-refractivity contribution in [2.24, 2.45) is 5.73 Å². The van der Waals surface area contributed by atoms with E-state index in [-0.39, 0.29) is 0 Å². The molecule has 1 aliphatic rings. The van der Waals surface area contributed by atoms with Crippen molar-refractivity contribution in [2.75, 3.05) is 6.61 Å². The molecule has 4 heteroatoms. The molecule has 74 valence electrons. The summed E-state index contributed by atoms with van der Waals surface area (Å²) >= 11 is 0. The Labute approximate surface area is 81.3 Å². The highest BCUT2D eigenvalue weighted by Gasteiger charge is 2.23. The molecule has 0 aliphatic carbocycles. The molecule has 0 amide bonds. The third-order valence-corrected chi connectivity index (χ3v) is 2.38. The molecule has 1 aromatic carbocycles. The van der Waals surface area contributed by atoms with Gasteiger partial charge in [-0.1, -0.05) is 12.1 Å². The average Bonchev–Trinajstić information content (AvgIpc) is 2.63. The van der Waals surface area contributed by atoms with Crippen LogP contribution < -0.4 is 10.5 Å². The standard InChI is InChI=1S/C10H11NO3/c11-9(10(12)13)7-2-1-3-8-6(7)4-5-14-8/h1-3,9H,4-5,11H2,(H,12,13)/t9-/m0/s1. The van der Waals surface area contributed by atoms with E-state index in [1.54, 1.807) is 12.1 Å². The summed E-state index contributed by atoms with van der Waals surface area (Å²) in [5.41, 5.74) is 7.15. The van der Waals surface area contributed by atoms with E-state index in [9.17, 15) is 4.79 Å². The van der Waals surface area contributed by atoms with Gasteiger partial charge in [-0.2, -0.15) is 0 Å². The van der Waals surface area contributed by atoms with Crippen molar-refractivity contribution in [2.45, 2.75) is 12.5 Å². The molecule has 1 aliphatic heterocycles. The van der Waals surface area contributed by atoms with Crippen molar-refractivity contribution in [1.29, 1.82) is 0 Å². The Bertz CT molecular complexity index is 376. The molecule has 0 spiro atoms. The number of carbonyl (C=O) groups is 1. The van der Waals surface area contributed by atoms with E-state index in [4.69, 9.17) is 15.6 Å². The number of hydrogen-bond acceptors (Lipinski definition) is 3. The van der Waals surface area contributed by atoms with Crippen molar-refractivity contribution in [1.82, 2.24) is 0 Å². The fourth-order valence-electron chi connectivity index (χ4n) is 1.67. The van der Waals surface area contributed by atoms with E-state index < -0.39 is 12.0 Å². The number of benzene rings is 1. The Morgan fingerprint density at radius 1 is 1.57 bits per heavy atom. The van der Waals surface area contributed by atoms with Gasteiger partial charge in [0.25, 0.3) is 0 Å². The number of carboxylic acids is 1. The monoisotopic (exact) mass is 193 g/mol. The summed E-state index contributed by atoms with van der Waals surface area (Å²) < 4.78 is 5.32. The topological polar surface area (TPSA) is 72.6 Å². The van der Waals surface area contributed by atoms with E-state index >= 15 is 0 Å². The lowest BCUT2D eigenvalue weighted by molar-refractivity contribution is -0.138. The number of fused-ring (bicyclic) bond motifs is 1. The summed E-state index contributed by atoms with van der Waals surface area (Å²) in [6.45, 7) is 0.610. The summed E-state index contributed by atoms with van der Waals surface area (Å²) in [4.78, 5) is 10.7. The lowest BCUT2D eigenvalue weighted by atomic mass is 9.99. The molecule has 0 radical (unpaired) electrons. The first-order valence-electron chi connectivity index (χ1n) is 4.43. The smallest absolute Gasteiger partial charge is 0.325 e. The Kier molecular flexibility index (Phi) is 2.13. The average molecular weight is 193 g/mol. The summed E-state index contributed by atoms with van der Waals surface area (Å²) in [5.74, 6) is -0.246. The van der Waals surface area contributed by atoms with Crippen LogP contribution in [0.4, 0.5) is 0 Å². The minimum atomic E-state index is -1.01. The largest absolute Gasteiger partial charge is 0.493 e. The van der Waals surface area contributed by atoms with Crippen LogP contribution in [-0.4, -0.2) is 17.7 Å². The van der Waals surface area contributed by atoms with Crippen LogP contribution in [0.2, 0.25) is 0 Å². The number of nitrogens with two attached hydrogens (primary N) is 1. The lowest BCUT2D eigenvalue weighted by Gasteiger charge is -2.10. The van der Waals surface area contributed by atoms with Crippen LogP contribution in [0.15, 0.2) is 18.2 Å². The van der Waals surface area contributed by atoms with Gasteiger partial charge in [0.1, 0.15) is 11.8 Å². The fraction of sp³-hybridized carbons (Fsp3) is 0.300. The molecule has 14 heavy (non-hydrogen) atoms. The first-order valence-corrected chi connectivity index (χ1v) is 4.43. The van der Waals surface area contributed by atoms with Crippen molar-refractivity contribution in [3.8, 4) is 5.75 Å². The number of ether oxygens (including phenoxy) is 1. The third-order valence-electron chi connectivity index (χ3n) is 2.38. The van der Waals surface area contributed by atoms with Crippen molar-refractivity contribution in [3.05, 3.63) is 29.3 Å². The Morgan fingerprint density at radius 2 is 2.36 bits per heavy atom. The van der Waals surface area contributed by atoms with Gasteiger partial charge in [0.2, 0.25) is 0 Å². The second-order valence-electron chi connectivity index (χ2n) is 3.24. The van der Waals surface area contributed by atoms with Gasteiger partial charge in [0, 0.05) is 12.0 Å². The molecular formula is C10H11NO3. The van der Waals surface area contributed by atoms with Crippen LogP contribution in [0.25, 0.3) is 0 Å². The Hall–Kier alpha value is -1.55. The molecule has 0 fully saturated rings. The highest BCUT2D eigenvalue weighted by Crippen LogP contribution is 2.30. The van der Waals surface area contributed by atoms with E-state index in [1.165, 1.54) is 0 Å². The van der Waals surface area contributed by atoms with E-state index in [0.717, 1.165) is 17.7 Å². The van der Waals surface area contributed by atoms with Gasteiger partial charge in [-0.25, -0.2) is 0 Å². The van der Waals surface area contributed by atoms with Crippen molar-refractivity contribution >= 4 is 5.97 Å². The number of hydrogen-bond donors (Lipinski definition) is 2. The maximum Gasteiger partial charge on any atom is 0.325 e. The van der Waals surface area contributed by atoms with Gasteiger partial charge in [-0.15, -0.1) is 0 Å². The molecule has 3 N–H and O–H groups in total. The van der Waals surface area contributed by atoms with Gasteiger partial charge in [0.15, 0.2) is 0 Å². The highest BCUT2D eigenvalue weighted by molar-refractivity contribution is 5.76.